The predicted molar refractivity (Wildman–Crippen MR) is 142 cm³/mol. The summed E-state index contributed by atoms with van der Waals surface area (Å²) in [6, 6.07) is 6.17. The molecule has 10 nitrogen and oxygen atoms in total. The molecule has 0 bridgehead atoms. The Morgan fingerprint density at radius 2 is 2.08 bits per heavy atom. The van der Waals surface area contributed by atoms with Gasteiger partial charge in [-0.15, -0.1) is 0 Å². The van der Waals surface area contributed by atoms with Gasteiger partial charge in [0.25, 0.3) is 5.91 Å². The van der Waals surface area contributed by atoms with Crippen molar-refractivity contribution < 1.29 is 19.1 Å². The van der Waals surface area contributed by atoms with Gasteiger partial charge in [0.05, 0.1) is 11.8 Å². The number of nitrogens with one attached hydrogen (secondary N) is 2. The summed E-state index contributed by atoms with van der Waals surface area (Å²) in [6.07, 6.45) is 7.70. The summed E-state index contributed by atoms with van der Waals surface area (Å²) in [7, 11) is 0. The van der Waals surface area contributed by atoms with Crippen LogP contribution in [0.2, 0.25) is 0 Å². The first kappa shape index (κ1) is 26.1. The van der Waals surface area contributed by atoms with E-state index in [4.69, 9.17) is 9.15 Å². The van der Waals surface area contributed by atoms with Crippen LogP contribution in [0.3, 0.4) is 0 Å². The van der Waals surface area contributed by atoms with E-state index in [0.29, 0.717) is 30.7 Å². The molecule has 0 saturated heterocycles. The van der Waals surface area contributed by atoms with Gasteiger partial charge in [-0.25, -0.2) is 15.0 Å². The van der Waals surface area contributed by atoms with Crippen LogP contribution in [-0.2, 0) is 19.6 Å². The van der Waals surface area contributed by atoms with Crippen LogP contribution >= 0.6 is 0 Å². The fraction of sp³-hybridized carbons (Fsp3) is 0.500. The smallest absolute Gasteiger partial charge is 0.270 e. The molecule has 1 aromatic carbocycles. The molecule has 1 aliphatic carbocycles. The summed E-state index contributed by atoms with van der Waals surface area (Å²) < 4.78 is 11.4. The van der Waals surface area contributed by atoms with Crippen LogP contribution in [0.15, 0.2) is 35.3 Å². The average molecular weight is 521 g/mol. The minimum Gasteiger partial charge on any atom is -0.485 e. The first-order chi connectivity index (χ1) is 18.5. The number of β-amino-alcohol motifs (C(OH)–C–C–N with tert-alkyl or cyclic N) is 1. The van der Waals surface area contributed by atoms with Crippen LogP contribution in [0.5, 0.6) is 5.75 Å². The molecule has 1 amide bonds. The van der Waals surface area contributed by atoms with Gasteiger partial charge < -0.3 is 24.9 Å². The molecule has 1 saturated carbocycles. The van der Waals surface area contributed by atoms with Crippen molar-refractivity contribution in [1.82, 2.24) is 25.2 Å². The Hall–Kier alpha value is -3.50. The Kier molecular flexibility index (Phi) is 8.19. The molecule has 10 heteroatoms. The van der Waals surface area contributed by atoms with Gasteiger partial charge in [-0.3, -0.25) is 9.69 Å². The van der Waals surface area contributed by atoms with E-state index < -0.39 is 6.10 Å². The maximum Gasteiger partial charge on any atom is 0.270 e. The average Bonchev–Trinajstić information content (AvgIpc) is 3.58. The summed E-state index contributed by atoms with van der Waals surface area (Å²) in [5.74, 6) is 1.94. The van der Waals surface area contributed by atoms with Gasteiger partial charge in [-0.2, -0.15) is 0 Å². The topological polar surface area (TPSA) is 126 Å². The van der Waals surface area contributed by atoms with E-state index in [-0.39, 0.29) is 12.5 Å². The fourth-order valence-corrected chi connectivity index (χ4v) is 5.30. The standard InChI is InChI=1S/C28H36N6O4/c1-18-23-9-10-34(13-20(23)7-8-25(18)37-15-26-19(2)32-17-38-26)14-22(35)12-29-28(36)24-11-27(31-16-30-24)33-21-5-3-4-6-21/h7-8,11,16-17,21-22,35H,3-6,9-10,12-15H2,1-2H3,(H,29,36)(H,30,31,33). The number of oxazole rings is 1. The van der Waals surface area contributed by atoms with E-state index in [1.54, 1.807) is 6.07 Å². The first-order valence-corrected chi connectivity index (χ1v) is 13.4. The summed E-state index contributed by atoms with van der Waals surface area (Å²) >= 11 is 0. The lowest BCUT2D eigenvalue weighted by Gasteiger charge is -2.31. The van der Waals surface area contributed by atoms with Crippen molar-refractivity contribution in [2.45, 2.75) is 71.2 Å². The number of rotatable bonds is 10. The number of carbonyl (C=O) groups is 1. The van der Waals surface area contributed by atoms with E-state index in [1.165, 1.54) is 36.7 Å². The minimum atomic E-state index is -0.688. The summed E-state index contributed by atoms with van der Waals surface area (Å²) in [4.78, 5) is 27.3. The van der Waals surface area contributed by atoms with E-state index in [1.807, 2.05) is 13.0 Å². The number of fused-ring (bicyclic) bond motifs is 1. The van der Waals surface area contributed by atoms with Crippen molar-refractivity contribution in [2.24, 2.45) is 0 Å². The second-order valence-electron chi connectivity index (χ2n) is 10.2. The number of aliphatic hydroxyl groups is 1. The van der Waals surface area contributed by atoms with Crippen LogP contribution < -0.4 is 15.4 Å². The van der Waals surface area contributed by atoms with Gasteiger partial charge in [0.2, 0.25) is 0 Å². The Bertz CT molecular complexity index is 1260. The van der Waals surface area contributed by atoms with Crippen molar-refractivity contribution in [3.8, 4) is 5.75 Å². The Morgan fingerprint density at radius 1 is 1.24 bits per heavy atom. The molecule has 3 N–H and O–H groups in total. The lowest BCUT2D eigenvalue weighted by atomic mass is 9.94. The Labute approximate surface area is 222 Å². The molecule has 3 heterocycles. The van der Waals surface area contributed by atoms with Gasteiger partial charge in [0, 0.05) is 38.3 Å². The zero-order chi connectivity index (χ0) is 26.5. The number of benzene rings is 1. The lowest BCUT2D eigenvalue weighted by Crippen LogP contribution is -2.42. The number of hydrogen-bond acceptors (Lipinski definition) is 9. The highest BCUT2D eigenvalue weighted by molar-refractivity contribution is 5.92. The fourth-order valence-electron chi connectivity index (χ4n) is 5.30. The Morgan fingerprint density at radius 3 is 2.87 bits per heavy atom. The highest BCUT2D eigenvalue weighted by Gasteiger charge is 2.22. The largest absolute Gasteiger partial charge is 0.485 e. The SMILES string of the molecule is Cc1ncoc1COc1ccc2c(c1C)CCN(CC(O)CNC(=O)c1cc(NC3CCCC3)ncn1)C2. The van der Waals surface area contributed by atoms with Gasteiger partial charge in [0.1, 0.15) is 30.2 Å². The summed E-state index contributed by atoms with van der Waals surface area (Å²) in [5.41, 5.74) is 4.80. The van der Waals surface area contributed by atoms with Gasteiger partial charge in [-0.05, 0) is 55.9 Å². The van der Waals surface area contributed by atoms with Gasteiger partial charge in [-0.1, -0.05) is 18.9 Å². The lowest BCUT2D eigenvalue weighted by molar-refractivity contribution is 0.0837. The third-order valence-corrected chi connectivity index (χ3v) is 7.50. The second kappa shape index (κ2) is 11.9. The van der Waals surface area contributed by atoms with Gasteiger partial charge in [0.15, 0.2) is 12.2 Å². The molecule has 2 aliphatic rings. The molecule has 1 aliphatic heterocycles. The third-order valence-electron chi connectivity index (χ3n) is 7.50. The second-order valence-corrected chi connectivity index (χ2v) is 10.2. The number of aliphatic hydroxyl groups excluding tert-OH is 1. The maximum absolute atomic E-state index is 12.6. The number of amides is 1. The molecule has 5 rings (SSSR count). The zero-order valence-corrected chi connectivity index (χ0v) is 22.1. The van der Waals surface area contributed by atoms with Crippen LogP contribution in [-0.4, -0.2) is 62.6 Å². The van der Waals surface area contributed by atoms with Crippen molar-refractivity contribution in [2.75, 3.05) is 25.0 Å². The number of ether oxygens (including phenoxy) is 1. The Balaban J connectivity index is 1.10. The molecule has 3 aromatic rings. The maximum atomic E-state index is 12.6. The van der Waals surface area contributed by atoms with Crippen molar-refractivity contribution in [3.63, 3.8) is 0 Å². The normalized spacial score (nSPS) is 16.7. The third kappa shape index (κ3) is 6.31. The molecule has 202 valence electrons. The predicted octanol–water partition coefficient (Wildman–Crippen LogP) is 3.16. The monoisotopic (exact) mass is 520 g/mol. The minimum absolute atomic E-state index is 0.157. The van der Waals surface area contributed by atoms with Crippen molar-refractivity contribution in [1.29, 1.82) is 0 Å². The van der Waals surface area contributed by atoms with Crippen LogP contribution in [0.25, 0.3) is 0 Å². The molecular weight excluding hydrogens is 484 g/mol. The number of carbonyl (C=O) groups excluding carboxylic acids is 1. The van der Waals surface area contributed by atoms with E-state index in [0.717, 1.165) is 55.1 Å². The highest BCUT2D eigenvalue weighted by atomic mass is 16.5. The van der Waals surface area contributed by atoms with Crippen LogP contribution in [0, 0.1) is 13.8 Å². The molecule has 0 spiro atoms. The molecule has 1 atom stereocenters. The summed E-state index contributed by atoms with van der Waals surface area (Å²) in [5, 5.41) is 16.8. The van der Waals surface area contributed by atoms with E-state index >= 15 is 0 Å². The number of nitrogens with zero attached hydrogens (tertiary/aromatic N) is 4. The zero-order valence-electron chi connectivity index (χ0n) is 22.1. The quantitative estimate of drug-likeness (QED) is 0.370. The number of anilines is 1. The highest BCUT2D eigenvalue weighted by Crippen LogP contribution is 2.30. The number of hydrogen-bond donors (Lipinski definition) is 3. The van der Waals surface area contributed by atoms with Crippen molar-refractivity contribution in [3.05, 3.63) is 64.8 Å². The molecule has 1 unspecified atom stereocenters. The van der Waals surface area contributed by atoms with Crippen LogP contribution in [0.4, 0.5) is 5.82 Å². The number of aromatic nitrogens is 3. The molecule has 1 fully saturated rings. The molecule has 2 aromatic heterocycles. The van der Waals surface area contributed by atoms with E-state index in [9.17, 15) is 9.90 Å². The van der Waals surface area contributed by atoms with Crippen LogP contribution in [0.1, 0.15) is 64.3 Å². The summed E-state index contributed by atoms with van der Waals surface area (Å²) in [6.45, 7) is 6.53. The molecule has 38 heavy (non-hydrogen) atoms. The van der Waals surface area contributed by atoms with Crippen molar-refractivity contribution >= 4 is 11.7 Å². The first-order valence-electron chi connectivity index (χ1n) is 13.4. The van der Waals surface area contributed by atoms with E-state index in [2.05, 4.69) is 43.5 Å². The van der Waals surface area contributed by atoms with Gasteiger partial charge >= 0.3 is 0 Å². The number of aryl methyl sites for hydroxylation is 1. The molecular formula is C28H36N6O4. The molecule has 0 radical (unpaired) electrons.